The summed E-state index contributed by atoms with van der Waals surface area (Å²) in [6.45, 7) is 10.6. The molecule has 0 aromatic carbocycles. The Labute approximate surface area is 117 Å². The molecule has 0 fully saturated rings. The van der Waals surface area contributed by atoms with Gasteiger partial charge in [0.25, 0.3) is 0 Å². The van der Waals surface area contributed by atoms with Gasteiger partial charge >= 0.3 is 0 Å². The number of aromatic nitrogens is 2. The molecule has 4 heteroatoms. The van der Waals surface area contributed by atoms with Crippen LogP contribution in [0.2, 0.25) is 0 Å². The van der Waals surface area contributed by atoms with E-state index in [2.05, 4.69) is 49.9 Å². The fourth-order valence-electron chi connectivity index (χ4n) is 2.11. The van der Waals surface area contributed by atoms with Crippen molar-refractivity contribution in [3.8, 4) is 0 Å². The fraction of sp³-hybridized carbons (Fsp3) is 0.733. The first-order valence-electron chi connectivity index (χ1n) is 7.46. The first-order chi connectivity index (χ1) is 9.13. The van der Waals surface area contributed by atoms with Crippen molar-refractivity contribution < 1.29 is 0 Å². The van der Waals surface area contributed by atoms with Crippen molar-refractivity contribution in [1.82, 2.24) is 9.97 Å². The summed E-state index contributed by atoms with van der Waals surface area (Å²) in [6, 6.07) is 0. The summed E-state index contributed by atoms with van der Waals surface area (Å²) < 4.78 is 0. The van der Waals surface area contributed by atoms with Gasteiger partial charge in [-0.3, -0.25) is 0 Å². The Bertz CT molecular complexity index is 390. The first kappa shape index (κ1) is 15.7. The summed E-state index contributed by atoms with van der Waals surface area (Å²) in [5.74, 6) is 3.02. The molecule has 0 radical (unpaired) electrons. The van der Waals surface area contributed by atoms with Gasteiger partial charge in [0.05, 0.1) is 0 Å². The number of nitrogens with zero attached hydrogens (tertiary/aromatic N) is 3. The normalized spacial score (nSPS) is 10.6. The van der Waals surface area contributed by atoms with E-state index < -0.39 is 0 Å². The molecule has 1 aromatic heterocycles. The average Bonchev–Trinajstić information content (AvgIpc) is 2.39. The summed E-state index contributed by atoms with van der Waals surface area (Å²) in [4.78, 5) is 11.6. The second kappa shape index (κ2) is 7.97. The molecule has 1 N–H and O–H groups in total. The van der Waals surface area contributed by atoms with Gasteiger partial charge in [0.15, 0.2) is 0 Å². The van der Waals surface area contributed by atoms with Crippen molar-refractivity contribution >= 4 is 11.6 Å². The molecule has 4 nitrogen and oxygen atoms in total. The third kappa shape index (κ3) is 4.37. The highest BCUT2D eigenvalue weighted by atomic mass is 15.2. The lowest BCUT2D eigenvalue weighted by atomic mass is 10.2. The highest BCUT2D eigenvalue weighted by Crippen LogP contribution is 2.23. The number of aryl methyl sites for hydroxylation is 1. The summed E-state index contributed by atoms with van der Waals surface area (Å²) >= 11 is 0. The Balaban J connectivity index is 3.08. The van der Waals surface area contributed by atoms with Crippen LogP contribution in [-0.4, -0.2) is 30.1 Å². The maximum absolute atomic E-state index is 4.72. The number of nitrogens with one attached hydrogen (secondary N) is 1. The molecule has 0 spiro atoms. The topological polar surface area (TPSA) is 41.1 Å². The predicted octanol–water partition coefficient (Wildman–Crippen LogP) is 3.41. The van der Waals surface area contributed by atoms with Gasteiger partial charge < -0.3 is 10.2 Å². The zero-order valence-corrected chi connectivity index (χ0v) is 13.1. The minimum absolute atomic E-state index is 0.939. The molecule has 0 amide bonds. The van der Waals surface area contributed by atoms with Gasteiger partial charge in [-0.25, -0.2) is 9.97 Å². The summed E-state index contributed by atoms with van der Waals surface area (Å²) in [5.41, 5.74) is 1.16. The molecule has 0 bridgehead atoms. The van der Waals surface area contributed by atoms with E-state index in [1.54, 1.807) is 0 Å². The van der Waals surface area contributed by atoms with Gasteiger partial charge in [-0.15, -0.1) is 0 Å². The summed E-state index contributed by atoms with van der Waals surface area (Å²) in [6.07, 6.45) is 4.24. The maximum Gasteiger partial charge on any atom is 0.137 e. The van der Waals surface area contributed by atoms with Gasteiger partial charge in [0.1, 0.15) is 17.5 Å². The van der Waals surface area contributed by atoms with Gasteiger partial charge in [-0.2, -0.15) is 0 Å². The highest BCUT2D eigenvalue weighted by molar-refractivity contribution is 5.58. The summed E-state index contributed by atoms with van der Waals surface area (Å²) in [5, 5.41) is 3.42. The third-order valence-electron chi connectivity index (χ3n) is 3.10. The molecule has 0 atom stereocenters. The molecule has 108 valence electrons. The molecule has 0 aliphatic rings. The molecule has 1 heterocycles. The van der Waals surface area contributed by atoms with E-state index in [4.69, 9.17) is 4.98 Å². The average molecular weight is 264 g/mol. The minimum Gasteiger partial charge on any atom is -0.370 e. The van der Waals surface area contributed by atoms with Crippen molar-refractivity contribution in [2.75, 3.05) is 30.4 Å². The van der Waals surface area contributed by atoms with Gasteiger partial charge in [0, 0.05) is 32.1 Å². The van der Waals surface area contributed by atoms with Crippen LogP contribution in [0.1, 0.15) is 51.4 Å². The van der Waals surface area contributed by atoms with Crippen LogP contribution in [0.15, 0.2) is 0 Å². The quantitative estimate of drug-likeness (QED) is 0.781. The second-order valence-electron chi connectivity index (χ2n) is 5.04. The van der Waals surface area contributed by atoms with E-state index in [0.717, 1.165) is 61.8 Å². The van der Waals surface area contributed by atoms with Crippen molar-refractivity contribution in [3.05, 3.63) is 11.4 Å². The van der Waals surface area contributed by atoms with Crippen LogP contribution in [0.3, 0.4) is 0 Å². The van der Waals surface area contributed by atoms with E-state index in [1.165, 1.54) is 0 Å². The van der Waals surface area contributed by atoms with Crippen molar-refractivity contribution in [2.45, 2.75) is 53.4 Å². The lowest BCUT2D eigenvalue weighted by Crippen LogP contribution is -2.22. The molecule has 0 unspecified atom stereocenters. The Hall–Kier alpha value is -1.32. The Morgan fingerprint density at radius 3 is 2.37 bits per heavy atom. The Kier molecular flexibility index (Phi) is 6.60. The lowest BCUT2D eigenvalue weighted by molar-refractivity contribution is 0.790. The van der Waals surface area contributed by atoms with Crippen LogP contribution in [0, 0.1) is 6.92 Å². The van der Waals surface area contributed by atoms with E-state index >= 15 is 0 Å². The molecular weight excluding hydrogens is 236 g/mol. The molecule has 0 aliphatic heterocycles. The van der Waals surface area contributed by atoms with Crippen LogP contribution in [0.25, 0.3) is 0 Å². The monoisotopic (exact) mass is 264 g/mol. The standard InChI is InChI=1S/C15H28N4/c1-6-9-13-17-14(16-10-7-2)12(4)15(18-13)19(5)11-8-3/h6-11H2,1-5H3,(H,16,17,18). The number of anilines is 2. The van der Waals surface area contributed by atoms with Crippen LogP contribution < -0.4 is 10.2 Å². The third-order valence-corrected chi connectivity index (χ3v) is 3.10. The van der Waals surface area contributed by atoms with Crippen molar-refractivity contribution in [3.63, 3.8) is 0 Å². The van der Waals surface area contributed by atoms with Crippen LogP contribution in [0.4, 0.5) is 11.6 Å². The van der Waals surface area contributed by atoms with E-state index in [1.807, 2.05) is 0 Å². The minimum atomic E-state index is 0.939. The Morgan fingerprint density at radius 2 is 1.79 bits per heavy atom. The molecule has 0 saturated carbocycles. The molecule has 0 saturated heterocycles. The van der Waals surface area contributed by atoms with E-state index in [0.29, 0.717) is 0 Å². The van der Waals surface area contributed by atoms with Crippen LogP contribution in [0.5, 0.6) is 0 Å². The fourth-order valence-corrected chi connectivity index (χ4v) is 2.11. The van der Waals surface area contributed by atoms with Gasteiger partial charge in [-0.05, 0) is 26.2 Å². The number of hydrogen-bond donors (Lipinski definition) is 1. The van der Waals surface area contributed by atoms with Gasteiger partial charge in [-0.1, -0.05) is 20.8 Å². The number of rotatable bonds is 8. The molecular formula is C15H28N4. The zero-order valence-electron chi connectivity index (χ0n) is 13.1. The lowest BCUT2D eigenvalue weighted by Gasteiger charge is -2.22. The first-order valence-corrected chi connectivity index (χ1v) is 7.46. The number of hydrogen-bond acceptors (Lipinski definition) is 4. The van der Waals surface area contributed by atoms with Crippen LogP contribution in [-0.2, 0) is 6.42 Å². The molecule has 1 rings (SSSR count). The maximum atomic E-state index is 4.72. The predicted molar refractivity (Wildman–Crippen MR) is 83.1 cm³/mol. The summed E-state index contributed by atoms with van der Waals surface area (Å²) in [7, 11) is 2.11. The molecule has 0 aliphatic carbocycles. The van der Waals surface area contributed by atoms with Gasteiger partial charge in [0.2, 0.25) is 0 Å². The SMILES string of the molecule is CCCNc1nc(CCC)nc(N(C)CCC)c1C. The highest BCUT2D eigenvalue weighted by Gasteiger charge is 2.13. The Morgan fingerprint density at radius 1 is 1.05 bits per heavy atom. The molecule has 19 heavy (non-hydrogen) atoms. The zero-order chi connectivity index (χ0) is 14.3. The van der Waals surface area contributed by atoms with E-state index in [9.17, 15) is 0 Å². The smallest absolute Gasteiger partial charge is 0.137 e. The largest absolute Gasteiger partial charge is 0.370 e. The van der Waals surface area contributed by atoms with Crippen molar-refractivity contribution in [1.29, 1.82) is 0 Å². The van der Waals surface area contributed by atoms with Crippen molar-refractivity contribution in [2.24, 2.45) is 0 Å². The second-order valence-corrected chi connectivity index (χ2v) is 5.04. The van der Waals surface area contributed by atoms with Crippen LogP contribution >= 0.6 is 0 Å². The molecule has 1 aromatic rings. The van der Waals surface area contributed by atoms with E-state index in [-0.39, 0.29) is 0 Å².